The molecule has 0 radical (unpaired) electrons. The van der Waals surface area contributed by atoms with Crippen molar-refractivity contribution in [2.45, 2.75) is 19.8 Å². The minimum absolute atomic E-state index is 0.184. The Kier molecular flexibility index (Phi) is 5.87. The molecule has 0 atom stereocenters. The molecule has 2 rings (SSSR count). The first-order valence-corrected chi connectivity index (χ1v) is 7.61. The Morgan fingerprint density at radius 3 is 2.67 bits per heavy atom. The van der Waals surface area contributed by atoms with Crippen LogP contribution in [0.5, 0.6) is 5.75 Å². The lowest BCUT2D eigenvalue weighted by molar-refractivity contribution is -0.128. The number of hydrogen-bond donors (Lipinski definition) is 1. The van der Waals surface area contributed by atoms with Gasteiger partial charge in [0.1, 0.15) is 5.75 Å². The molecule has 1 saturated heterocycles. The fourth-order valence-corrected chi connectivity index (χ4v) is 2.55. The molecule has 1 aliphatic heterocycles. The summed E-state index contributed by atoms with van der Waals surface area (Å²) < 4.78 is 5.70. The van der Waals surface area contributed by atoms with Gasteiger partial charge in [-0.1, -0.05) is 0 Å². The van der Waals surface area contributed by atoms with Gasteiger partial charge in [-0.2, -0.15) is 0 Å². The monoisotopic (exact) mass is 291 g/mol. The van der Waals surface area contributed by atoms with Crippen LogP contribution >= 0.6 is 0 Å². The van der Waals surface area contributed by atoms with Crippen molar-refractivity contribution in [2.75, 3.05) is 45.1 Å². The van der Waals surface area contributed by atoms with Crippen LogP contribution in [-0.4, -0.2) is 55.0 Å². The molecular weight excluding hydrogens is 266 g/mol. The average molecular weight is 291 g/mol. The average Bonchev–Trinajstić information content (AvgIpc) is 2.71. The van der Waals surface area contributed by atoms with Crippen LogP contribution in [0.3, 0.4) is 0 Å². The lowest BCUT2D eigenvalue weighted by atomic mass is 10.3. The first kappa shape index (κ1) is 15.6. The van der Waals surface area contributed by atoms with Gasteiger partial charge >= 0.3 is 0 Å². The van der Waals surface area contributed by atoms with Crippen molar-refractivity contribution in [3.05, 3.63) is 24.3 Å². The zero-order valence-corrected chi connectivity index (χ0v) is 12.8. The number of nitrogen functional groups attached to an aromatic ring is 1. The minimum Gasteiger partial charge on any atom is -0.494 e. The maximum atomic E-state index is 11.4. The van der Waals surface area contributed by atoms with Crippen molar-refractivity contribution in [1.82, 2.24) is 9.80 Å². The van der Waals surface area contributed by atoms with Crippen molar-refractivity contribution >= 4 is 11.6 Å². The van der Waals surface area contributed by atoms with Gasteiger partial charge < -0.3 is 20.3 Å². The van der Waals surface area contributed by atoms with E-state index >= 15 is 0 Å². The van der Waals surface area contributed by atoms with E-state index in [1.54, 1.807) is 6.92 Å². The molecule has 1 aliphatic rings. The fraction of sp³-hybridized carbons (Fsp3) is 0.562. The number of amides is 1. The fourth-order valence-electron chi connectivity index (χ4n) is 2.55. The highest BCUT2D eigenvalue weighted by Gasteiger charge is 2.15. The molecule has 1 amide bonds. The predicted octanol–water partition coefficient (Wildman–Crippen LogP) is 1.59. The molecule has 0 saturated carbocycles. The Balaban J connectivity index is 1.64. The van der Waals surface area contributed by atoms with Gasteiger partial charge in [0.15, 0.2) is 0 Å². The van der Waals surface area contributed by atoms with E-state index in [2.05, 4.69) is 4.90 Å². The van der Waals surface area contributed by atoms with Crippen LogP contribution in [0.2, 0.25) is 0 Å². The zero-order valence-electron chi connectivity index (χ0n) is 12.8. The number of nitrogens with zero attached hydrogens (tertiary/aromatic N) is 2. The van der Waals surface area contributed by atoms with Crippen molar-refractivity contribution in [1.29, 1.82) is 0 Å². The summed E-state index contributed by atoms with van der Waals surface area (Å²) in [6.45, 7) is 7.11. The van der Waals surface area contributed by atoms with Crippen LogP contribution in [-0.2, 0) is 4.79 Å². The van der Waals surface area contributed by atoms with Crippen LogP contribution in [0.25, 0.3) is 0 Å². The highest BCUT2D eigenvalue weighted by molar-refractivity contribution is 5.73. The number of ether oxygens (including phenoxy) is 1. The Labute approximate surface area is 126 Å². The van der Waals surface area contributed by atoms with Gasteiger partial charge in [-0.25, -0.2) is 0 Å². The summed E-state index contributed by atoms with van der Waals surface area (Å²) in [5, 5.41) is 0. The summed E-state index contributed by atoms with van der Waals surface area (Å²) in [5.41, 5.74) is 6.39. The number of rotatable bonds is 5. The highest BCUT2D eigenvalue weighted by atomic mass is 16.5. The van der Waals surface area contributed by atoms with Crippen LogP contribution in [0.4, 0.5) is 5.69 Å². The number of hydrogen-bond acceptors (Lipinski definition) is 4. The van der Waals surface area contributed by atoms with E-state index in [1.807, 2.05) is 29.2 Å². The van der Waals surface area contributed by atoms with Gasteiger partial charge in [0.2, 0.25) is 5.91 Å². The van der Waals surface area contributed by atoms with Crippen LogP contribution in [0, 0.1) is 0 Å². The first-order valence-electron chi connectivity index (χ1n) is 7.61. The normalized spacial score (nSPS) is 16.5. The molecule has 116 valence electrons. The summed E-state index contributed by atoms with van der Waals surface area (Å²) in [4.78, 5) is 15.7. The molecule has 5 nitrogen and oxygen atoms in total. The highest BCUT2D eigenvalue weighted by Crippen LogP contribution is 2.13. The maximum Gasteiger partial charge on any atom is 0.219 e. The Morgan fingerprint density at radius 2 is 1.95 bits per heavy atom. The molecule has 1 fully saturated rings. The Morgan fingerprint density at radius 1 is 1.19 bits per heavy atom. The number of carbonyl (C=O) groups is 1. The van der Waals surface area contributed by atoms with Gasteiger partial charge in [-0.3, -0.25) is 4.79 Å². The minimum atomic E-state index is 0.184. The first-order chi connectivity index (χ1) is 10.1. The molecular formula is C16H25N3O2. The second-order valence-electron chi connectivity index (χ2n) is 5.47. The summed E-state index contributed by atoms with van der Waals surface area (Å²) >= 11 is 0. The molecule has 1 aromatic carbocycles. The van der Waals surface area contributed by atoms with Gasteiger partial charge in [-0.15, -0.1) is 0 Å². The third-order valence-electron chi connectivity index (χ3n) is 3.80. The van der Waals surface area contributed by atoms with Crippen molar-refractivity contribution < 1.29 is 9.53 Å². The lowest BCUT2D eigenvalue weighted by Gasteiger charge is -2.21. The van der Waals surface area contributed by atoms with Gasteiger partial charge in [-0.05, 0) is 43.7 Å². The second-order valence-corrected chi connectivity index (χ2v) is 5.47. The zero-order chi connectivity index (χ0) is 15.1. The molecule has 0 spiro atoms. The molecule has 2 N–H and O–H groups in total. The number of benzene rings is 1. The van der Waals surface area contributed by atoms with E-state index < -0.39 is 0 Å². The maximum absolute atomic E-state index is 11.4. The van der Waals surface area contributed by atoms with Crippen molar-refractivity contribution in [3.8, 4) is 5.75 Å². The summed E-state index contributed by atoms with van der Waals surface area (Å²) in [6.07, 6.45) is 2.04. The second kappa shape index (κ2) is 7.88. The van der Waals surface area contributed by atoms with E-state index in [1.165, 1.54) is 0 Å². The molecule has 5 heteroatoms. The standard InChI is InChI=1S/C16H25N3O2/c1-14(20)19-10-2-8-18(11-12-19)9-3-13-21-16-6-4-15(17)5-7-16/h4-7H,2-3,8-13,17H2,1H3. The SMILES string of the molecule is CC(=O)N1CCCN(CCCOc2ccc(N)cc2)CC1. The predicted molar refractivity (Wildman–Crippen MR) is 84.3 cm³/mol. The van der Waals surface area contributed by atoms with Crippen LogP contribution in [0.1, 0.15) is 19.8 Å². The van der Waals surface area contributed by atoms with Crippen molar-refractivity contribution in [3.63, 3.8) is 0 Å². The number of nitrogens with two attached hydrogens (primary N) is 1. The Bertz CT molecular complexity index is 447. The molecule has 0 bridgehead atoms. The molecule has 21 heavy (non-hydrogen) atoms. The topological polar surface area (TPSA) is 58.8 Å². The van der Waals surface area contributed by atoms with Crippen LogP contribution < -0.4 is 10.5 Å². The van der Waals surface area contributed by atoms with E-state index in [0.29, 0.717) is 6.61 Å². The third kappa shape index (κ3) is 5.27. The summed E-state index contributed by atoms with van der Waals surface area (Å²) in [7, 11) is 0. The van der Waals surface area contributed by atoms with Gasteiger partial charge in [0, 0.05) is 38.8 Å². The van der Waals surface area contributed by atoms with Crippen LogP contribution in [0.15, 0.2) is 24.3 Å². The van der Waals surface area contributed by atoms with E-state index in [0.717, 1.165) is 57.0 Å². The van der Waals surface area contributed by atoms with E-state index in [9.17, 15) is 4.79 Å². The molecule has 1 aromatic rings. The van der Waals surface area contributed by atoms with E-state index in [4.69, 9.17) is 10.5 Å². The largest absolute Gasteiger partial charge is 0.494 e. The quantitative estimate of drug-likeness (QED) is 0.661. The van der Waals surface area contributed by atoms with Gasteiger partial charge in [0.05, 0.1) is 6.61 Å². The molecule has 0 aliphatic carbocycles. The lowest BCUT2D eigenvalue weighted by Crippen LogP contribution is -2.34. The van der Waals surface area contributed by atoms with Gasteiger partial charge in [0.25, 0.3) is 0 Å². The molecule has 0 aromatic heterocycles. The Hall–Kier alpha value is -1.75. The number of anilines is 1. The smallest absolute Gasteiger partial charge is 0.219 e. The number of carbonyl (C=O) groups excluding carboxylic acids is 1. The molecule has 1 heterocycles. The summed E-state index contributed by atoms with van der Waals surface area (Å²) in [5.74, 6) is 1.05. The van der Waals surface area contributed by atoms with E-state index in [-0.39, 0.29) is 5.91 Å². The van der Waals surface area contributed by atoms with Crippen molar-refractivity contribution in [2.24, 2.45) is 0 Å². The summed E-state index contributed by atoms with van der Waals surface area (Å²) in [6, 6.07) is 7.49. The third-order valence-corrected chi connectivity index (χ3v) is 3.80. The molecule has 0 unspecified atom stereocenters.